The molecule has 2 amide bonds. The third kappa shape index (κ3) is 4.65. The van der Waals surface area contributed by atoms with Crippen molar-refractivity contribution >= 4 is 28.6 Å². The largest absolute Gasteiger partial charge is 0.465 e. The summed E-state index contributed by atoms with van der Waals surface area (Å²) in [6.45, 7) is 3.57. The number of amides is 2. The molecule has 2 N–H and O–H groups in total. The van der Waals surface area contributed by atoms with Crippen LogP contribution < -0.4 is 10.6 Å². The predicted octanol–water partition coefficient (Wildman–Crippen LogP) is 3.73. The van der Waals surface area contributed by atoms with Crippen LogP contribution in [0.1, 0.15) is 17.9 Å². The minimum absolute atomic E-state index is 0.0540. The number of anilines is 1. The van der Waals surface area contributed by atoms with Gasteiger partial charge in [0, 0.05) is 24.3 Å². The molecule has 1 fully saturated rings. The molecule has 1 saturated heterocycles. The molecular weight excluding hydrogens is 420 g/mol. The number of oxazole rings is 1. The Morgan fingerprint density at radius 2 is 1.94 bits per heavy atom. The molecule has 0 saturated carbocycles. The Morgan fingerprint density at radius 3 is 2.70 bits per heavy atom. The van der Waals surface area contributed by atoms with Crippen molar-refractivity contribution in [3.8, 4) is 11.5 Å². The van der Waals surface area contributed by atoms with E-state index in [1.807, 2.05) is 60.4 Å². The van der Waals surface area contributed by atoms with Gasteiger partial charge in [0.05, 0.1) is 19.0 Å². The van der Waals surface area contributed by atoms with Crippen LogP contribution in [-0.2, 0) is 16.1 Å². The lowest BCUT2D eigenvalue weighted by Crippen LogP contribution is -2.55. The quantitative estimate of drug-likeness (QED) is 0.470. The zero-order chi connectivity index (χ0) is 22.8. The summed E-state index contributed by atoms with van der Waals surface area (Å²) >= 11 is 0. The van der Waals surface area contributed by atoms with E-state index in [0.29, 0.717) is 31.2 Å². The van der Waals surface area contributed by atoms with Gasteiger partial charge in [-0.2, -0.15) is 0 Å². The molecule has 4 aromatic rings. The van der Waals surface area contributed by atoms with Gasteiger partial charge in [-0.3, -0.25) is 14.5 Å². The van der Waals surface area contributed by atoms with Crippen molar-refractivity contribution in [2.75, 3.05) is 18.4 Å². The number of piperazine rings is 1. The van der Waals surface area contributed by atoms with E-state index < -0.39 is 6.04 Å². The van der Waals surface area contributed by atoms with Gasteiger partial charge < -0.3 is 19.5 Å². The fraction of sp³-hybridized carbons (Fsp3) is 0.240. The van der Waals surface area contributed by atoms with Gasteiger partial charge in [0.25, 0.3) is 0 Å². The highest BCUT2D eigenvalue weighted by molar-refractivity contribution is 5.95. The topological polar surface area (TPSA) is 101 Å². The first-order valence-corrected chi connectivity index (χ1v) is 10.9. The Kier molecular flexibility index (Phi) is 5.66. The average molecular weight is 444 g/mol. The molecule has 8 heteroatoms. The molecule has 1 aliphatic rings. The molecule has 2 aromatic carbocycles. The number of nitrogens with zero attached hydrogens (tertiary/aromatic N) is 2. The van der Waals surface area contributed by atoms with Gasteiger partial charge in [-0.15, -0.1) is 0 Å². The third-order valence-electron chi connectivity index (χ3n) is 5.68. The Labute approximate surface area is 190 Å². The zero-order valence-corrected chi connectivity index (χ0v) is 18.2. The molecule has 1 unspecified atom stereocenters. The highest BCUT2D eigenvalue weighted by Gasteiger charge is 2.32. The first-order chi connectivity index (χ1) is 16.0. The van der Waals surface area contributed by atoms with Crippen LogP contribution in [0.3, 0.4) is 0 Å². The summed E-state index contributed by atoms with van der Waals surface area (Å²) in [5, 5.41) is 5.73. The number of fused-ring (bicyclic) bond motifs is 1. The first-order valence-electron chi connectivity index (χ1n) is 10.9. The second-order valence-electron chi connectivity index (χ2n) is 8.11. The van der Waals surface area contributed by atoms with Gasteiger partial charge in [-0.05, 0) is 55.5 Å². The highest BCUT2D eigenvalue weighted by atomic mass is 16.3. The van der Waals surface area contributed by atoms with Gasteiger partial charge in [-0.25, -0.2) is 4.98 Å². The van der Waals surface area contributed by atoms with Gasteiger partial charge in [0.2, 0.25) is 17.7 Å². The average Bonchev–Trinajstić information content (AvgIpc) is 3.42. The number of aromatic nitrogens is 1. The van der Waals surface area contributed by atoms with Crippen molar-refractivity contribution in [3.05, 3.63) is 72.2 Å². The number of hydrogen-bond donors (Lipinski definition) is 2. The van der Waals surface area contributed by atoms with Gasteiger partial charge >= 0.3 is 0 Å². The van der Waals surface area contributed by atoms with Gasteiger partial charge in [-0.1, -0.05) is 12.1 Å². The van der Waals surface area contributed by atoms with E-state index in [-0.39, 0.29) is 18.2 Å². The molecule has 1 aliphatic heterocycles. The lowest BCUT2D eigenvalue weighted by molar-refractivity contribution is -0.132. The van der Waals surface area contributed by atoms with Crippen LogP contribution in [0.2, 0.25) is 0 Å². The van der Waals surface area contributed by atoms with Crippen molar-refractivity contribution in [3.63, 3.8) is 0 Å². The number of hydrogen-bond acceptors (Lipinski definition) is 6. The number of furan rings is 1. The SMILES string of the molecule is Cc1ccc(CN2CCNC(=O)C2CC(=O)Nc2ccc(-c3nc4ccccc4o3)cc2)o1. The molecule has 0 spiro atoms. The van der Waals surface area contributed by atoms with Crippen molar-refractivity contribution in [2.24, 2.45) is 0 Å². The fourth-order valence-corrected chi connectivity index (χ4v) is 4.02. The third-order valence-corrected chi connectivity index (χ3v) is 5.68. The van der Waals surface area contributed by atoms with Gasteiger partial charge in [0.15, 0.2) is 5.58 Å². The zero-order valence-electron chi connectivity index (χ0n) is 18.2. The lowest BCUT2D eigenvalue weighted by Gasteiger charge is -2.34. The Hall–Kier alpha value is -3.91. The molecule has 0 bridgehead atoms. The number of aryl methyl sites for hydroxylation is 1. The Morgan fingerprint density at radius 1 is 1.12 bits per heavy atom. The molecule has 5 rings (SSSR count). The number of rotatable bonds is 6. The maximum Gasteiger partial charge on any atom is 0.237 e. The summed E-state index contributed by atoms with van der Waals surface area (Å²) in [6.07, 6.45) is 0.0540. The van der Waals surface area contributed by atoms with Crippen molar-refractivity contribution in [1.82, 2.24) is 15.2 Å². The Balaban J connectivity index is 1.24. The van der Waals surface area contributed by atoms with Crippen LogP contribution >= 0.6 is 0 Å². The van der Waals surface area contributed by atoms with E-state index in [0.717, 1.165) is 28.2 Å². The summed E-state index contributed by atoms with van der Waals surface area (Å²) in [5.74, 6) is 1.75. The maximum atomic E-state index is 12.7. The van der Waals surface area contributed by atoms with Crippen LogP contribution in [-0.4, -0.2) is 40.8 Å². The van der Waals surface area contributed by atoms with E-state index in [9.17, 15) is 9.59 Å². The normalized spacial score (nSPS) is 16.6. The van der Waals surface area contributed by atoms with Crippen LogP contribution in [0.4, 0.5) is 5.69 Å². The Bertz CT molecular complexity index is 1260. The predicted molar refractivity (Wildman–Crippen MR) is 123 cm³/mol. The smallest absolute Gasteiger partial charge is 0.237 e. The van der Waals surface area contributed by atoms with Crippen LogP contribution in [0.5, 0.6) is 0 Å². The number of benzene rings is 2. The fourth-order valence-electron chi connectivity index (χ4n) is 4.02. The molecule has 0 aliphatic carbocycles. The van der Waals surface area contributed by atoms with Crippen molar-refractivity contribution in [1.29, 1.82) is 0 Å². The molecule has 1 atom stereocenters. The van der Waals surface area contributed by atoms with E-state index in [1.165, 1.54) is 0 Å². The number of carbonyl (C=O) groups excluding carboxylic acids is 2. The van der Waals surface area contributed by atoms with Crippen LogP contribution in [0.25, 0.3) is 22.6 Å². The molecule has 2 aromatic heterocycles. The second kappa shape index (κ2) is 8.91. The lowest BCUT2D eigenvalue weighted by atomic mass is 10.1. The molecule has 33 heavy (non-hydrogen) atoms. The minimum Gasteiger partial charge on any atom is -0.465 e. The van der Waals surface area contributed by atoms with E-state index >= 15 is 0 Å². The summed E-state index contributed by atoms with van der Waals surface area (Å²) in [7, 11) is 0. The van der Waals surface area contributed by atoms with Crippen molar-refractivity contribution in [2.45, 2.75) is 25.9 Å². The standard InChI is InChI=1S/C25H24N4O4/c1-16-6-11-19(32-16)15-29-13-12-26-24(31)21(29)14-23(30)27-18-9-7-17(8-10-18)25-28-20-4-2-3-5-22(20)33-25/h2-11,21H,12-15H2,1H3,(H,26,31)(H,27,30). The summed E-state index contributed by atoms with van der Waals surface area (Å²) in [6, 6.07) is 18.1. The molecule has 0 radical (unpaired) electrons. The molecular formula is C25H24N4O4. The van der Waals surface area contributed by atoms with Gasteiger partial charge in [0.1, 0.15) is 17.0 Å². The number of carbonyl (C=O) groups is 2. The summed E-state index contributed by atoms with van der Waals surface area (Å²) in [4.78, 5) is 31.7. The van der Waals surface area contributed by atoms with Crippen LogP contribution in [0.15, 0.2) is 69.5 Å². The summed E-state index contributed by atoms with van der Waals surface area (Å²) < 4.78 is 11.4. The van der Waals surface area contributed by atoms with E-state index in [4.69, 9.17) is 8.83 Å². The van der Waals surface area contributed by atoms with E-state index in [2.05, 4.69) is 15.6 Å². The maximum absolute atomic E-state index is 12.7. The monoisotopic (exact) mass is 444 g/mol. The number of nitrogens with one attached hydrogen (secondary N) is 2. The molecule has 3 heterocycles. The highest BCUT2D eigenvalue weighted by Crippen LogP contribution is 2.25. The van der Waals surface area contributed by atoms with E-state index in [1.54, 1.807) is 12.1 Å². The summed E-state index contributed by atoms with van der Waals surface area (Å²) in [5.41, 5.74) is 2.98. The minimum atomic E-state index is -0.553. The molecule has 168 valence electrons. The number of para-hydroxylation sites is 2. The molecule has 8 nitrogen and oxygen atoms in total. The van der Waals surface area contributed by atoms with Crippen LogP contribution in [0, 0.1) is 6.92 Å². The second-order valence-corrected chi connectivity index (χ2v) is 8.11. The first kappa shape index (κ1) is 21.0. The van der Waals surface area contributed by atoms with Crippen molar-refractivity contribution < 1.29 is 18.4 Å².